The van der Waals surface area contributed by atoms with Gasteiger partial charge < -0.3 is 14.5 Å². The Morgan fingerprint density at radius 2 is 1.97 bits per heavy atom. The molecule has 2 rings (SSSR count). The summed E-state index contributed by atoms with van der Waals surface area (Å²) >= 11 is 0. The number of hydrogen-bond donors (Lipinski definition) is 0. The van der Waals surface area contributed by atoms with E-state index in [1.54, 1.807) is 0 Å². The lowest BCUT2D eigenvalue weighted by molar-refractivity contribution is -0.133. The van der Waals surface area contributed by atoms with Crippen LogP contribution in [0.15, 0.2) is 0 Å². The smallest absolute Gasteiger partial charge is 0.410 e. The normalized spacial score (nSPS) is 22.8. The highest BCUT2D eigenvalue weighted by atomic mass is 33.1. The molecule has 2 fully saturated rings. The fourth-order valence-electron chi connectivity index (χ4n) is 3.91. The largest absolute Gasteiger partial charge is 0.444 e. The lowest BCUT2D eigenvalue weighted by Crippen LogP contribution is -2.48. The highest BCUT2D eigenvalue weighted by Crippen LogP contribution is 2.39. The zero-order chi connectivity index (χ0) is 21.4. The summed E-state index contributed by atoms with van der Waals surface area (Å²) in [6.45, 7) is 12.0. The minimum absolute atomic E-state index is 0.0857. The fraction of sp³-hybridized carbons (Fsp3) is 0.909. The molecule has 0 aromatic carbocycles. The van der Waals surface area contributed by atoms with Crippen LogP contribution in [0.4, 0.5) is 4.79 Å². The Bertz CT molecular complexity index is 531. The zero-order valence-electron chi connectivity index (χ0n) is 18.9. The lowest BCUT2D eigenvalue weighted by Gasteiger charge is -2.37. The number of ether oxygens (including phenoxy) is 1. The molecule has 0 aromatic heterocycles. The van der Waals surface area contributed by atoms with E-state index in [2.05, 4.69) is 0 Å². The van der Waals surface area contributed by atoms with Gasteiger partial charge in [0.1, 0.15) is 5.60 Å². The van der Waals surface area contributed by atoms with Crippen molar-refractivity contribution >= 4 is 33.6 Å². The fourth-order valence-corrected chi connectivity index (χ4v) is 6.93. The third-order valence-corrected chi connectivity index (χ3v) is 8.48. The van der Waals surface area contributed by atoms with Crippen molar-refractivity contribution in [2.45, 2.75) is 96.5 Å². The first kappa shape index (κ1) is 24.7. The number of unbranched alkanes of at least 4 members (excludes halogenated alkanes) is 1. The van der Waals surface area contributed by atoms with Gasteiger partial charge in [0.2, 0.25) is 5.91 Å². The Morgan fingerprint density at radius 1 is 1.21 bits per heavy atom. The first-order valence-corrected chi connectivity index (χ1v) is 13.6. The van der Waals surface area contributed by atoms with Crippen LogP contribution in [-0.4, -0.2) is 64.1 Å². The van der Waals surface area contributed by atoms with Crippen LogP contribution >= 0.6 is 21.6 Å². The molecule has 0 bridgehead atoms. The second-order valence-corrected chi connectivity index (χ2v) is 12.4. The molecule has 0 radical (unpaired) electrons. The van der Waals surface area contributed by atoms with E-state index in [-0.39, 0.29) is 18.0 Å². The number of carbonyl (C=O) groups is 2. The van der Waals surface area contributed by atoms with E-state index < -0.39 is 5.60 Å². The number of rotatable bonds is 8. The second-order valence-electron chi connectivity index (χ2n) is 9.65. The van der Waals surface area contributed by atoms with Gasteiger partial charge in [0.05, 0.1) is 0 Å². The number of piperidine rings is 1. The maximum absolute atomic E-state index is 12.7. The van der Waals surface area contributed by atoms with Gasteiger partial charge in [0.15, 0.2) is 0 Å². The third-order valence-electron chi connectivity index (χ3n) is 5.47. The molecule has 2 amide bonds. The van der Waals surface area contributed by atoms with Crippen LogP contribution in [0, 0.1) is 5.92 Å². The van der Waals surface area contributed by atoms with E-state index in [1.807, 2.05) is 66.0 Å². The van der Waals surface area contributed by atoms with Crippen molar-refractivity contribution in [3.63, 3.8) is 0 Å². The molecule has 2 heterocycles. The number of amides is 2. The van der Waals surface area contributed by atoms with Gasteiger partial charge in [-0.1, -0.05) is 28.0 Å². The predicted molar refractivity (Wildman–Crippen MR) is 124 cm³/mol. The van der Waals surface area contributed by atoms with Crippen molar-refractivity contribution in [3.8, 4) is 0 Å². The lowest BCUT2D eigenvalue weighted by atomic mass is 9.96. The van der Waals surface area contributed by atoms with Crippen LogP contribution in [0.2, 0.25) is 0 Å². The molecule has 2 aliphatic heterocycles. The Hall–Kier alpha value is -0.560. The van der Waals surface area contributed by atoms with E-state index >= 15 is 0 Å². The third kappa shape index (κ3) is 8.99. The predicted octanol–water partition coefficient (Wildman–Crippen LogP) is 5.58. The topological polar surface area (TPSA) is 49.9 Å². The first-order chi connectivity index (χ1) is 13.7. The van der Waals surface area contributed by atoms with Gasteiger partial charge in [-0.05, 0) is 72.6 Å². The molecule has 2 saturated heterocycles. The minimum Gasteiger partial charge on any atom is -0.444 e. The van der Waals surface area contributed by atoms with E-state index in [9.17, 15) is 9.59 Å². The van der Waals surface area contributed by atoms with Gasteiger partial charge in [0, 0.05) is 43.1 Å². The maximum atomic E-state index is 12.7. The summed E-state index contributed by atoms with van der Waals surface area (Å²) in [4.78, 5) is 29.1. The Labute approximate surface area is 185 Å². The van der Waals surface area contributed by atoms with Crippen molar-refractivity contribution in [2.75, 3.05) is 25.4 Å². The summed E-state index contributed by atoms with van der Waals surface area (Å²) < 4.78 is 5.59. The van der Waals surface area contributed by atoms with E-state index in [0.717, 1.165) is 44.0 Å². The summed E-state index contributed by atoms with van der Waals surface area (Å²) in [6, 6.07) is 0.0857. The minimum atomic E-state index is -0.492. The molecule has 2 aliphatic rings. The van der Waals surface area contributed by atoms with E-state index in [4.69, 9.17) is 4.74 Å². The summed E-state index contributed by atoms with van der Waals surface area (Å²) in [6.07, 6.45) is 7.21. The van der Waals surface area contributed by atoms with Gasteiger partial charge in [-0.2, -0.15) is 0 Å². The van der Waals surface area contributed by atoms with Crippen LogP contribution in [0.3, 0.4) is 0 Å². The summed E-state index contributed by atoms with van der Waals surface area (Å²) in [5, 5.41) is 0.796. The van der Waals surface area contributed by atoms with Crippen LogP contribution in [0.5, 0.6) is 0 Å². The SMILES string of the molecule is CC(C)N(CC1CCCN(C(=O)CCCCC2CCSS2)C1)C(=O)OC(C)(C)C. The molecular formula is C22H40N2O3S2. The average molecular weight is 445 g/mol. The van der Waals surface area contributed by atoms with E-state index in [1.165, 1.54) is 18.6 Å². The molecule has 0 aliphatic carbocycles. The molecule has 2 atom stereocenters. The summed E-state index contributed by atoms with van der Waals surface area (Å²) in [5.74, 6) is 1.89. The van der Waals surface area contributed by atoms with E-state index in [0.29, 0.717) is 18.9 Å². The Morgan fingerprint density at radius 3 is 2.59 bits per heavy atom. The zero-order valence-corrected chi connectivity index (χ0v) is 20.6. The van der Waals surface area contributed by atoms with Crippen LogP contribution in [-0.2, 0) is 9.53 Å². The number of likely N-dealkylation sites (tertiary alicyclic amines) is 1. The molecule has 5 nitrogen and oxygen atoms in total. The molecule has 0 saturated carbocycles. The molecule has 2 unspecified atom stereocenters. The van der Waals surface area contributed by atoms with Crippen LogP contribution in [0.1, 0.15) is 79.6 Å². The van der Waals surface area contributed by atoms with Crippen molar-refractivity contribution in [1.82, 2.24) is 9.80 Å². The molecule has 0 aromatic rings. The van der Waals surface area contributed by atoms with Crippen molar-refractivity contribution in [2.24, 2.45) is 5.92 Å². The molecule has 0 N–H and O–H groups in total. The highest BCUT2D eigenvalue weighted by Gasteiger charge is 2.30. The van der Waals surface area contributed by atoms with Gasteiger partial charge in [-0.3, -0.25) is 4.79 Å². The highest BCUT2D eigenvalue weighted by molar-refractivity contribution is 8.77. The maximum Gasteiger partial charge on any atom is 0.410 e. The van der Waals surface area contributed by atoms with Crippen LogP contribution in [0.25, 0.3) is 0 Å². The standard InChI is InChI=1S/C22H40N2O3S2/c1-17(2)24(21(26)27-22(3,4)5)16-18-9-8-13-23(15-18)20(25)11-7-6-10-19-12-14-28-29-19/h17-19H,6-16H2,1-5H3. The number of hydrogen-bond acceptors (Lipinski definition) is 5. The summed E-state index contributed by atoms with van der Waals surface area (Å²) in [5.41, 5.74) is -0.492. The number of nitrogens with zero attached hydrogens (tertiary/aromatic N) is 2. The molecule has 7 heteroatoms. The van der Waals surface area contributed by atoms with Crippen LogP contribution < -0.4 is 0 Å². The molecular weight excluding hydrogens is 404 g/mol. The van der Waals surface area contributed by atoms with Gasteiger partial charge in [-0.25, -0.2) is 4.79 Å². The average Bonchev–Trinajstić information content (AvgIpc) is 3.15. The molecule has 0 spiro atoms. The Kier molecular flexibility index (Phi) is 9.99. The van der Waals surface area contributed by atoms with Crippen molar-refractivity contribution in [3.05, 3.63) is 0 Å². The van der Waals surface area contributed by atoms with Gasteiger partial charge in [0.25, 0.3) is 0 Å². The number of carbonyl (C=O) groups excluding carboxylic acids is 2. The van der Waals surface area contributed by atoms with Gasteiger partial charge in [-0.15, -0.1) is 0 Å². The van der Waals surface area contributed by atoms with Gasteiger partial charge >= 0.3 is 6.09 Å². The van der Waals surface area contributed by atoms with Crippen molar-refractivity contribution in [1.29, 1.82) is 0 Å². The quantitative estimate of drug-likeness (QED) is 0.361. The Balaban J connectivity index is 1.77. The first-order valence-electron chi connectivity index (χ1n) is 11.2. The summed E-state index contributed by atoms with van der Waals surface area (Å²) in [7, 11) is 4.01. The molecule has 168 valence electrons. The monoisotopic (exact) mass is 444 g/mol. The second kappa shape index (κ2) is 11.7. The molecule has 29 heavy (non-hydrogen) atoms. The van der Waals surface area contributed by atoms with Crippen molar-refractivity contribution < 1.29 is 14.3 Å².